The third-order valence-corrected chi connectivity index (χ3v) is 4.18. The maximum atomic E-state index is 12.1. The number of carbonyl (C=O) groups excluding carboxylic acids is 1. The fourth-order valence-corrected chi connectivity index (χ4v) is 3.13. The summed E-state index contributed by atoms with van der Waals surface area (Å²) in [6.07, 6.45) is 6.74. The van der Waals surface area contributed by atoms with Crippen LogP contribution in [0.15, 0.2) is 30.3 Å². The summed E-state index contributed by atoms with van der Waals surface area (Å²) in [4.78, 5) is 12.1. The molecule has 1 heterocycles. The topological polar surface area (TPSA) is 38.3 Å². The number of carbonyl (C=O) groups is 1. The molecule has 0 aromatic heterocycles. The smallest absolute Gasteiger partial charge is 0.323 e. The monoisotopic (exact) mass is 258 g/mol. The minimum absolute atomic E-state index is 0.0988. The van der Waals surface area contributed by atoms with Crippen molar-refractivity contribution < 1.29 is 9.53 Å². The molecule has 1 aliphatic carbocycles. The highest BCUT2D eigenvalue weighted by Gasteiger charge is 2.41. The molecular formula is C16H20NO2+. The van der Waals surface area contributed by atoms with Gasteiger partial charge in [-0.05, 0) is 12.0 Å². The summed E-state index contributed by atoms with van der Waals surface area (Å²) in [5.41, 5.74) is 1.04. The third kappa shape index (κ3) is 2.92. The predicted molar refractivity (Wildman–Crippen MR) is 73.2 cm³/mol. The molecule has 2 aliphatic rings. The van der Waals surface area contributed by atoms with Crippen LogP contribution in [0.1, 0.15) is 31.2 Å². The first-order valence-electron chi connectivity index (χ1n) is 7.11. The number of hydrogen-bond acceptors (Lipinski definition) is 3. The van der Waals surface area contributed by atoms with Crippen molar-refractivity contribution in [1.29, 1.82) is 0 Å². The number of ether oxygens (including phenoxy) is 1. The summed E-state index contributed by atoms with van der Waals surface area (Å²) in [5.74, 6) is 0.529. The molecule has 2 fully saturated rings. The van der Waals surface area contributed by atoms with Crippen LogP contribution in [0.5, 0.6) is 0 Å². The third-order valence-electron chi connectivity index (χ3n) is 4.18. The zero-order valence-corrected chi connectivity index (χ0v) is 11.0. The molecule has 1 aromatic rings. The van der Waals surface area contributed by atoms with Crippen molar-refractivity contribution in [2.45, 2.75) is 44.4 Å². The Balaban J connectivity index is 1.51. The number of nitrogens with one attached hydrogen (secondary N) is 1. The van der Waals surface area contributed by atoms with Crippen LogP contribution in [-0.2, 0) is 16.1 Å². The quantitative estimate of drug-likeness (QED) is 0.668. The molecule has 0 bridgehead atoms. The van der Waals surface area contributed by atoms with Crippen molar-refractivity contribution >= 4 is 5.97 Å². The number of hydrogen-bond donors (Lipinski definition) is 1. The van der Waals surface area contributed by atoms with E-state index in [1.165, 1.54) is 6.42 Å². The fourth-order valence-electron chi connectivity index (χ4n) is 3.13. The molecule has 1 saturated heterocycles. The van der Waals surface area contributed by atoms with Crippen LogP contribution < -0.4 is 5.32 Å². The lowest BCUT2D eigenvalue weighted by Gasteiger charge is -2.18. The molecule has 1 aromatic carbocycles. The summed E-state index contributed by atoms with van der Waals surface area (Å²) < 4.78 is 5.41. The molecule has 1 aliphatic heterocycles. The molecule has 0 radical (unpaired) electrons. The van der Waals surface area contributed by atoms with Crippen LogP contribution >= 0.6 is 0 Å². The maximum Gasteiger partial charge on any atom is 0.323 e. The van der Waals surface area contributed by atoms with E-state index in [0.717, 1.165) is 24.8 Å². The van der Waals surface area contributed by atoms with Gasteiger partial charge in [-0.2, -0.15) is 0 Å². The zero-order chi connectivity index (χ0) is 13.1. The van der Waals surface area contributed by atoms with Crippen molar-refractivity contribution in [3.8, 4) is 0 Å². The Morgan fingerprint density at radius 3 is 3.00 bits per heavy atom. The molecule has 3 nitrogen and oxygen atoms in total. The van der Waals surface area contributed by atoms with Crippen molar-refractivity contribution in [3.05, 3.63) is 42.3 Å². The van der Waals surface area contributed by atoms with Crippen LogP contribution in [0.25, 0.3) is 0 Å². The van der Waals surface area contributed by atoms with Crippen molar-refractivity contribution in [2.24, 2.45) is 5.92 Å². The van der Waals surface area contributed by atoms with Gasteiger partial charge in [0.1, 0.15) is 12.6 Å². The van der Waals surface area contributed by atoms with E-state index in [9.17, 15) is 4.79 Å². The van der Waals surface area contributed by atoms with Gasteiger partial charge in [-0.25, -0.2) is 0 Å². The second-order valence-corrected chi connectivity index (χ2v) is 5.52. The lowest BCUT2D eigenvalue weighted by Crippen LogP contribution is -2.38. The van der Waals surface area contributed by atoms with Crippen LogP contribution in [0.4, 0.5) is 0 Å². The molecule has 1 N–H and O–H groups in total. The number of esters is 1. The minimum Gasteiger partial charge on any atom is -0.460 e. The van der Waals surface area contributed by atoms with E-state index in [1.807, 2.05) is 30.3 Å². The van der Waals surface area contributed by atoms with Crippen LogP contribution in [-0.4, -0.2) is 18.1 Å². The Labute approximate surface area is 114 Å². The lowest BCUT2D eigenvalue weighted by molar-refractivity contribution is -0.147. The Morgan fingerprint density at radius 1 is 1.37 bits per heavy atom. The van der Waals surface area contributed by atoms with Crippen LogP contribution in [0.3, 0.4) is 0 Å². The fraction of sp³-hybridized carbons (Fsp3) is 0.500. The highest BCUT2D eigenvalue weighted by atomic mass is 16.5. The number of rotatable bonds is 3. The van der Waals surface area contributed by atoms with Crippen molar-refractivity contribution in [1.82, 2.24) is 5.32 Å². The van der Waals surface area contributed by atoms with Gasteiger partial charge in [0, 0.05) is 18.4 Å². The molecule has 100 valence electrons. The first kappa shape index (κ1) is 12.5. The van der Waals surface area contributed by atoms with Gasteiger partial charge in [-0.1, -0.05) is 30.3 Å². The molecular weight excluding hydrogens is 238 g/mol. The van der Waals surface area contributed by atoms with Gasteiger partial charge in [0.15, 0.2) is 0 Å². The Morgan fingerprint density at radius 2 is 2.21 bits per heavy atom. The average Bonchev–Trinajstić information content (AvgIpc) is 2.90. The summed E-state index contributed by atoms with van der Waals surface area (Å²) >= 11 is 0. The number of fused-ring (bicyclic) bond motifs is 1. The van der Waals surface area contributed by atoms with Crippen LogP contribution in [0.2, 0.25) is 0 Å². The minimum atomic E-state index is -0.106. The van der Waals surface area contributed by atoms with Crippen molar-refractivity contribution in [3.63, 3.8) is 0 Å². The zero-order valence-electron chi connectivity index (χ0n) is 11.0. The summed E-state index contributed by atoms with van der Waals surface area (Å²) in [6, 6.07) is 10.2. The van der Waals surface area contributed by atoms with Crippen LogP contribution in [0, 0.1) is 12.3 Å². The van der Waals surface area contributed by atoms with E-state index in [1.54, 1.807) is 0 Å². The Bertz CT molecular complexity index is 418. The van der Waals surface area contributed by atoms with E-state index in [4.69, 9.17) is 4.74 Å². The normalized spacial score (nSPS) is 29.4. The SMILES string of the molecule is O=C(OCc1ccccc1)[C@H]1C[C@H]2C[CH+]CC[C@H]2N1. The second kappa shape index (κ2) is 5.66. The van der Waals surface area contributed by atoms with E-state index in [2.05, 4.69) is 11.7 Å². The molecule has 0 unspecified atom stereocenters. The van der Waals surface area contributed by atoms with Gasteiger partial charge >= 0.3 is 5.97 Å². The second-order valence-electron chi connectivity index (χ2n) is 5.52. The number of benzene rings is 1. The lowest BCUT2D eigenvalue weighted by atomic mass is 9.85. The van der Waals surface area contributed by atoms with Gasteiger partial charge in [-0.3, -0.25) is 4.79 Å². The van der Waals surface area contributed by atoms with E-state index < -0.39 is 0 Å². The van der Waals surface area contributed by atoms with Gasteiger partial charge in [-0.15, -0.1) is 0 Å². The largest absolute Gasteiger partial charge is 0.460 e. The van der Waals surface area contributed by atoms with E-state index in [0.29, 0.717) is 18.6 Å². The summed E-state index contributed by atoms with van der Waals surface area (Å²) in [7, 11) is 0. The van der Waals surface area contributed by atoms with E-state index in [-0.39, 0.29) is 12.0 Å². The van der Waals surface area contributed by atoms with Gasteiger partial charge in [0.2, 0.25) is 0 Å². The van der Waals surface area contributed by atoms with Gasteiger partial charge in [0.05, 0.1) is 19.3 Å². The molecule has 0 amide bonds. The standard InChI is InChI=1S/C16H20NO2/c18-16(19-11-12-6-2-1-3-7-12)15-10-13-8-4-5-9-14(13)17-15/h1-4,6-7,13-15,17H,5,8-11H2/q+1/t13-,14-,15-/m1/s1. The molecule has 0 spiro atoms. The predicted octanol–water partition coefficient (Wildman–Crippen LogP) is 2.46. The molecule has 3 heteroatoms. The highest BCUT2D eigenvalue weighted by Crippen LogP contribution is 2.33. The Hall–Kier alpha value is -1.48. The van der Waals surface area contributed by atoms with Crippen molar-refractivity contribution in [2.75, 3.05) is 0 Å². The molecule has 19 heavy (non-hydrogen) atoms. The molecule has 1 saturated carbocycles. The Kier molecular flexibility index (Phi) is 3.74. The molecule has 3 rings (SSSR count). The first-order valence-corrected chi connectivity index (χ1v) is 7.11. The van der Waals surface area contributed by atoms with Gasteiger partial charge in [0.25, 0.3) is 0 Å². The summed E-state index contributed by atoms with van der Waals surface area (Å²) in [6.45, 7) is 0.374. The maximum absolute atomic E-state index is 12.1. The average molecular weight is 258 g/mol. The summed E-state index contributed by atoms with van der Waals surface area (Å²) in [5, 5.41) is 3.43. The first-order chi connectivity index (χ1) is 9.33. The van der Waals surface area contributed by atoms with E-state index >= 15 is 0 Å². The highest BCUT2D eigenvalue weighted by molar-refractivity contribution is 5.76. The van der Waals surface area contributed by atoms with Gasteiger partial charge < -0.3 is 10.1 Å². The molecule has 3 atom stereocenters.